The molecule has 1 amide bonds. The van der Waals surface area contributed by atoms with Crippen molar-refractivity contribution in [1.82, 2.24) is 4.90 Å². The second-order valence-electron chi connectivity index (χ2n) is 12.3. The Morgan fingerprint density at radius 3 is 2.41 bits per heavy atom. The van der Waals surface area contributed by atoms with Gasteiger partial charge in [0, 0.05) is 23.0 Å². The molecule has 46 heavy (non-hydrogen) atoms. The fourth-order valence-corrected chi connectivity index (χ4v) is 8.29. The molecule has 0 saturated carbocycles. The number of methoxy groups -OCH3 is 1. The van der Waals surface area contributed by atoms with Gasteiger partial charge in [0.1, 0.15) is 17.2 Å². The van der Waals surface area contributed by atoms with Gasteiger partial charge in [0.2, 0.25) is 5.91 Å². The zero-order chi connectivity index (χ0) is 32.0. The van der Waals surface area contributed by atoms with Gasteiger partial charge in [0.05, 0.1) is 23.5 Å². The average molecular weight is 676 g/mol. The summed E-state index contributed by atoms with van der Waals surface area (Å²) in [5, 5.41) is 3.11. The lowest BCUT2D eigenvalue weighted by Gasteiger charge is -2.38. The topological polar surface area (TPSA) is 75.7 Å². The van der Waals surface area contributed by atoms with Gasteiger partial charge in [0.15, 0.2) is 11.6 Å². The van der Waals surface area contributed by atoms with Gasteiger partial charge >= 0.3 is 0 Å². The van der Waals surface area contributed by atoms with Crippen LogP contribution in [0.5, 0.6) is 5.75 Å². The van der Waals surface area contributed by atoms with Crippen LogP contribution in [0.4, 0.5) is 5.69 Å². The lowest BCUT2D eigenvalue weighted by Crippen LogP contribution is -2.49. The van der Waals surface area contributed by atoms with E-state index in [0.717, 1.165) is 42.4 Å². The summed E-state index contributed by atoms with van der Waals surface area (Å²) in [6.45, 7) is 2.18. The number of nitrogens with one attached hydrogen (secondary N) is 1. The fraction of sp³-hybridized carbons (Fsp3) is 0.256. The highest BCUT2D eigenvalue weighted by Crippen LogP contribution is 2.62. The number of nitrogens with zero attached hydrogens (tertiary/aromatic N) is 1. The Bertz CT molecular complexity index is 1880. The van der Waals surface area contributed by atoms with E-state index in [1.807, 2.05) is 90.0 Å². The number of anilines is 1. The summed E-state index contributed by atoms with van der Waals surface area (Å²) >= 11 is 3.54. The number of hydrogen-bond acceptors (Lipinski definition) is 5. The number of aryl methyl sites for hydroxylation is 1. The average Bonchev–Trinajstić information content (AvgIpc) is 3.56. The molecule has 6 nitrogen and oxygen atoms in total. The van der Waals surface area contributed by atoms with Crippen molar-refractivity contribution < 1.29 is 19.1 Å². The number of halogens is 1. The highest BCUT2D eigenvalue weighted by Gasteiger charge is 2.70. The van der Waals surface area contributed by atoms with E-state index in [4.69, 9.17) is 4.74 Å². The van der Waals surface area contributed by atoms with Crippen LogP contribution in [0.1, 0.15) is 75.2 Å². The van der Waals surface area contributed by atoms with Crippen molar-refractivity contribution >= 4 is 45.2 Å². The molecule has 0 aromatic heterocycles. The molecule has 0 radical (unpaired) electrons. The molecule has 1 spiro atoms. The van der Waals surface area contributed by atoms with Gasteiger partial charge in [-0.3, -0.25) is 14.4 Å². The molecule has 0 aliphatic carbocycles. The molecule has 3 aliphatic heterocycles. The first-order valence-electron chi connectivity index (χ1n) is 15.9. The Morgan fingerprint density at radius 1 is 0.913 bits per heavy atom. The third-order valence-corrected chi connectivity index (χ3v) is 10.5. The Balaban J connectivity index is 1.44. The van der Waals surface area contributed by atoms with Crippen LogP contribution in [0, 0.1) is 5.92 Å². The van der Waals surface area contributed by atoms with Crippen LogP contribution in [0.3, 0.4) is 0 Å². The van der Waals surface area contributed by atoms with Gasteiger partial charge in [-0.05, 0) is 81.4 Å². The molecular weight excluding hydrogens is 640 g/mol. The van der Waals surface area contributed by atoms with Crippen LogP contribution in [0.2, 0.25) is 0 Å². The first kappa shape index (κ1) is 30.2. The SMILES string of the molecule is CCCCCc1ccc(C(=O)[C@H]2[C@H](C(=O)c3ccc(OC)c(Br)c3)N3C=Cc4ccccc4[C@@H]3[C@]23C(=O)Nc2ccccc23)cc1. The van der Waals surface area contributed by atoms with Crippen molar-refractivity contribution in [3.63, 3.8) is 0 Å². The van der Waals surface area contributed by atoms with Crippen LogP contribution in [-0.4, -0.2) is 35.5 Å². The number of para-hydroxylation sites is 1. The predicted octanol–water partition coefficient (Wildman–Crippen LogP) is 8.17. The molecule has 3 heterocycles. The number of amides is 1. The summed E-state index contributed by atoms with van der Waals surface area (Å²) in [5.74, 6) is -1.15. The minimum absolute atomic E-state index is 0.224. The third kappa shape index (κ3) is 4.63. The van der Waals surface area contributed by atoms with E-state index in [2.05, 4.69) is 28.2 Å². The molecule has 4 atom stereocenters. The van der Waals surface area contributed by atoms with Crippen LogP contribution >= 0.6 is 15.9 Å². The molecule has 7 rings (SSSR count). The maximum Gasteiger partial charge on any atom is 0.238 e. The highest BCUT2D eigenvalue weighted by molar-refractivity contribution is 9.10. The Hall–Kier alpha value is -4.49. The van der Waals surface area contributed by atoms with E-state index in [1.54, 1.807) is 25.3 Å². The van der Waals surface area contributed by atoms with E-state index in [1.165, 1.54) is 5.56 Å². The number of unbranched alkanes of at least 4 members (excludes halogenated alkanes) is 2. The van der Waals surface area contributed by atoms with Crippen LogP contribution in [0.15, 0.2) is 102 Å². The molecule has 7 heteroatoms. The summed E-state index contributed by atoms with van der Waals surface area (Å²) < 4.78 is 6.06. The highest BCUT2D eigenvalue weighted by atomic mass is 79.9. The van der Waals surface area contributed by atoms with Gasteiger partial charge in [-0.15, -0.1) is 0 Å². The van der Waals surface area contributed by atoms with Gasteiger partial charge in [-0.25, -0.2) is 0 Å². The quantitative estimate of drug-likeness (QED) is 0.143. The molecule has 4 aromatic rings. The van der Waals surface area contributed by atoms with Crippen molar-refractivity contribution in [1.29, 1.82) is 0 Å². The Kier molecular flexibility index (Phi) is 7.89. The minimum Gasteiger partial charge on any atom is -0.496 e. The monoisotopic (exact) mass is 674 g/mol. The Labute approximate surface area is 277 Å². The second-order valence-corrected chi connectivity index (χ2v) is 13.2. The lowest BCUT2D eigenvalue weighted by molar-refractivity contribution is -0.122. The van der Waals surface area contributed by atoms with Crippen molar-refractivity contribution in [2.24, 2.45) is 5.92 Å². The number of fused-ring (bicyclic) bond motifs is 6. The molecule has 4 aromatic carbocycles. The van der Waals surface area contributed by atoms with Crippen molar-refractivity contribution in [2.45, 2.75) is 50.1 Å². The number of carbonyl (C=O) groups is 3. The normalized spacial score (nSPS) is 22.3. The maximum atomic E-state index is 15.1. The van der Waals surface area contributed by atoms with E-state index < -0.39 is 23.4 Å². The largest absolute Gasteiger partial charge is 0.496 e. The van der Waals surface area contributed by atoms with Crippen molar-refractivity contribution in [3.8, 4) is 5.75 Å². The summed E-state index contributed by atoms with van der Waals surface area (Å²) in [7, 11) is 1.57. The van der Waals surface area contributed by atoms with Gasteiger partial charge in [-0.1, -0.05) is 86.5 Å². The summed E-state index contributed by atoms with van der Waals surface area (Å²) in [6, 6.07) is 26.9. The first-order chi connectivity index (χ1) is 22.4. The van der Waals surface area contributed by atoms with Gasteiger partial charge in [0.25, 0.3) is 0 Å². The summed E-state index contributed by atoms with van der Waals surface area (Å²) in [4.78, 5) is 46.6. The van der Waals surface area contributed by atoms with Crippen molar-refractivity contribution in [2.75, 3.05) is 12.4 Å². The molecule has 1 fully saturated rings. The molecule has 0 bridgehead atoms. The molecule has 3 aliphatic rings. The number of ether oxygens (including phenoxy) is 1. The van der Waals surface area contributed by atoms with E-state index in [-0.39, 0.29) is 17.5 Å². The number of rotatable bonds is 9. The zero-order valence-corrected chi connectivity index (χ0v) is 27.4. The van der Waals surface area contributed by atoms with Crippen LogP contribution in [-0.2, 0) is 16.6 Å². The number of hydrogen-bond donors (Lipinski definition) is 1. The smallest absolute Gasteiger partial charge is 0.238 e. The molecule has 1 N–H and O–H groups in total. The standard InChI is InChI=1S/C39H35BrN2O4/c1-3-4-5-10-24-15-17-26(18-16-24)35(43)33-34(36(44)27-19-20-32(46-2)30(40)23-27)42-22-21-25-11-6-7-12-28(25)37(42)39(33)29-13-8-9-14-31(29)41-38(39)45/h6-9,11-23,33-34,37H,3-5,10H2,1-2H3,(H,41,45)/t33-,34-,37-,39-/m1/s1. The number of benzene rings is 4. The molecule has 232 valence electrons. The molecular formula is C39H35BrN2O4. The lowest BCUT2D eigenvalue weighted by atomic mass is 9.62. The number of ketones is 2. The molecule has 1 saturated heterocycles. The van der Waals surface area contributed by atoms with Crippen LogP contribution < -0.4 is 10.1 Å². The Morgan fingerprint density at radius 2 is 1.65 bits per heavy atom. The zero-order valence-electron chi connectivity index (χ0n) is 25.8. The summed E-state index contributed by atoms with van der Waals surface area (Å²) in [6.07, 6.45) is 8.18. The fourth-order valence-electron chi connectivity index (χ4n) is 7.75. The second kappa shape index (κ2) is 12.0. The van der Waals surface area contributed by atoms with E-state index in [0.29, 0.717) is 27.0 Å². The maximum absolute atomic E-state index is 15.1. The minimum atomic E-state index is -1.36. The van der Waals surface area contributed by atoms with Gasteiger partial charge < -0.3 is 15.0 Å². The van der Waals surface area contributed by atoms with Gasteiger partial charge in [-0.2, -0.15) is 0 Å². The third-order valence-electron chi connectivity index (χ3n) is 9.87. The van der Waals surface area contributed by atoms with Crippen LogP contribution in [0.25, 0.3) is 6.08 Å². The number of carbonyl (C=O) groups excluding carboxylic acids is 3. The molecule has 0 unspecified atom stereocenters. The van der Waals surface area contributed by atoms with E-state index >= 15 is 4.79 Å². The first-order valence-corrected chi connectivity index (χ1v) is 16.7. The predicted molar refractivity (Wildman–Crippen MR) is 183 cm³/mol. The summed E-state index contributed by atoms with van der Waals surface area (Å²) in [5.41, 5.74) is 4.00. The number of Topliss-reactive ketones (excluding diaryl/α,β-unsaturated/α-hetero) is 2. The van der Waals surface area contributed by atoms with Crippen molar-refractivity contribution in [3.05, 3.63) is 135 Å². The van der Waals surface area contributed by atoms with E-state index in [9.17, 15) is 9.59 Å².